The summed E-state index contributed by atoms with van der Waals surface area (Å²) in [5, 5.41) is 8.12. The molecule has 0 N–H and O–H groups in total. The normalized spacial score (nSPS) is 10.8. The molecule has 210 valence electrons. The zero-order valence-electron chi connectivity index (χ0n) is 22.7. The number of carbonyl (C=O) groups excluding carboxylic acids is 2. The molecule has 0 aliphatic rings. The van der Waals surface area contributed by atoms with Crippen molar-refractivity contribution in [1.82, 2.24) is 0 Å². The smallest absolute Gasteiger partial charge is 0.343 e. The first-order chi connectivity index (χ1) is 19.4. The van der Waals surface area contributed by atoms with Crippen molar-refractivity contribution in [3.63, 3.8) is 0 Å². The van der Waals surface area contributed by atoms with Crippen molar-refractivity contribution in [2.75, 3.05) is 19.8 Å². The van der Waals surface area contributed by atoms with Gasteiger partial charge in [0.25, 0.3) is 0 Å². The summed E-state index contributed by atoms with van der Waals surface area (Å²) in [4.78, 5) is 23.8. The molecular formula is C31H33FN2O6. The molecular weight excluding hydrogens is 515 g/mol. The minimum absolute atomic E-state index is 0.102. The third-order valence-corrected chi connectivity index (χ3v) is 5.53. The second kappa shape index (κ2) is 15.8. The Balaban J connectivity index is 1.48. The molecule has 0 aliphatic heterocycles. The standard InChI is InChI=1S/C31H33FN2O6/c1-4-5-6-7-18-37-26-13-8-23(9-14-26)31(36)40-29-17-12-25(21-28(29)32)34-33-24-10-15-27(16-11-24)38-19-20-39-30(35)22(2)3/h8-17,21H,2,4-7,18-20H2,1,3H3. The fourth-order valence-corrected chi connectivity index (χ4v) is 3.34. The molecule has 9 heteroatoms. The molecule has 0 amide bonds. The van der Waals surface area contributed by atoms with Gasteiger partial charge in [0.2, 0.25) is 0 Å². The van der Waals surface area contributed by atoms with E-state index in [4.69, 9.17) is 18.9 Å². The summed E-state index contributed by atoms with van der Waals surface area (Å²) in [6, 6.07) is 17.2. The molecule has 40 heavy (non-hydrogen) atoms. The number of rotatable bonds is 15. The monoisotopic (exact) mass is 548 g/mol. The number of halogens is 1. The molecule has 0 aromatic heterocycles. The number of unbranched alkanes of at least 4 members (excludes halogenated alkanes) is 3. The Bertz CT molecular complexity index is 1310. The van der Waals surface area contributed by atoms with Crippen molar-refractivity contribution in [2.24, 2.45) is 10.2 Å². The maximum Gasteiger partial charge on any atom is 0.343 e. The quantitative estimate of drug-likeness (QED) is 0.0629. The van der Waals surface area contributed by atoms with Crippen LogP contribution in [-0.2, 0) is 9.53 Å². The van der Waals surface area contributed by atoms with Crippen LogP contribution >= 0.6 is 0 Å². The van der Waals surface area contributed by atoms with Gasteiger partial charge in [0.05, 0.1) is 23.5 Å². The van der Waals surface area contributed by atoms with Crippen LogP contribution in [0.3, 0.4) is 0 Å². The second-order valence-corrected chi connectivity index (χ2v) is 8.90. The summed E-state index contributed by atoms with van der Waals surface area (Å²) >= 11 is 0. The van der Waals surface area contributed by atoms with E-state index in [0.717, 1.165) is 25.3 Å². The number of azo groups is 1. The van der Waals surface area contributed by atoms with E-state index in [9.17, 15) is 14.0 Å². The molecule has 3 aromatic rings. The molecule has 3 aromatic carbocycles. The van der Waals surface area contributed by atoms with Crippen molar-refractivity contribution in [3.8, 4) is 17.2 Å². The van der Waals surface area contributed by atoms with E-state index in [2.05, 4.69) is 23.7 Å². The molecule has 0 bridgehead atoms. The topological polar surface area (TPSA) is 95.8 Å². The van der Waals surface area contributed by atoms with Crippen LogP contribution in [0.25, 0.3) is 0 Å². The molecule has 0 heterocycles. The summed E-state index contributed by atoms with van der Waals surface area (Å²) in [6.45, 7) is 8.14. The van der Waals surface area contributed by atoms with Gasteiger partial charge in [0.15, 0.2) is 11.6 Å². The Hall–Kier alpha value is -4.53. The number of hydrogen-bond donors (Lipinski definition) is 0. The van der Waals surface area contributed by atoms with Crippen LogP contribution in [0, 0.1) is 5.82 Å². The Morgan fingerprint density at radius 2 is 1.43 bits per heavy atom. The van der Waals surface area contributed by atoms with Crippen molar-refractivity contribution >= 4 is 23.3 Å². The molecule has 0 radical (unpaired) electrons. The van der Waals surface area contributed by atoms with Crippen LogP contribution in [0.15, 0.2) is 89.1 Å². The maximum atomic E-state index is 14.6. The van der Waals surface area contributed by atoms with Gasteiger partial charge in [-0.15, -0.1) is 0 Å². The van der Waals surface area contributed by atoms with Gasteiger partial charge in [-0.25, -0.2) is 14.0 Å². The fraction of sp³-hybridized carbons (Fsp3) is 0.290. The zero-order valence-corrected chi connectivity index (χ0v) is 22.7. The molecule has 0 saturated heterocycles. The van der Waals surface area contributed by atoms with Crippen LogP contribution in [0.5, 0.6) is 17.2 Å². The number of carbonyl (C=O) groups is 2. The van der Waals surface area contributed by atoms with E-state index < -0.39 is 17.8 Å². The highest BCUT2D eigenvalue weighted by atomic mass is 19.1. The third-order valence-electron chi connectivity index (χ3n) is 5.53. The average molecular weight is 549 g/mol. The molecule has 0 aliphatic carbocycles. The number of ether oxygens (including phenoxy) is 4. The van der Waals surface area contributed by atoms with Gasteiger partial charge in [-0.05, 0) is 74.0 Å². The predicted octanol–water partition coefficient (Wildman–Crippen LogP) is 7.92. The minimum atomic E-state index is -0.743. The summed E-state index contributed by atoms with van der Waals surface area (Å²) in [6.07, 6.45) is 4.44. The summed E-state index contributed by atoms with van der Waals surface area (Å²) in [7, 11) is 0. The molecule has 8 nitrogen and oxygen atoms in total. The lowest BCUT2D eigenvalue weighted by Crippen LogP contribution is -2.12. The molecule has 0 unspecified atom stereocenters. The Morgan fingerprint density at radius 1 is 0.800 bits per heavy atom. The van der Waals surface area contributed by atoms with Crippen molar-refractivity contribution < 1.29 is 32.9 Å². The Labute approximate surface area is 233 Å². The van der Waals surface area contributed by atoms with Gasteiger partial charge in [-0.3, -0.25) is 0 Å². The van der Waals surface area contributed by atoms with Gasteiger partial charge in [0, 0.05) is 11.6 Å². The molecule has 0 saturated carbocycles. The SMILES string of the molecule is C=C(C)C(=O)OCCOc1ccc(N=Nc2ccc(OC(=O)c3ccc(OCCCCCC)cc3)c(F)c2)cc1. The van der Waals surface area contributed by atoms with Crippen LogP contribution in [-0.4, -0.2) is 31.8 Å². The highest BCUT2D eigenvalue weighted by molar-refractivity contribution is 5.91. The van der Waals surface area contributed by atoms with Gasteiger partial charge in [0.1, 0.15) is 24.7 Å². The summed E-state index contributed by atoms with van der Waals surface area (Å²) in [5.41, 5.74) is 1.37. The predicted molar refractivity (Wildman–Crippen MR) is 149 cm³/mol. The largest absolute Gasteiger partial charge is 0.494 e. The fourth-order valence-electron chi connectivity index (χ4n) is 3.34. The van der Waals surface area contributed by atoms with Gasteiger partial charge >= 0.3 is 11.9 Å². The van der Waals surface area contributed by atoms with Gasteiger partial charge < -0.3 is 18.9 Å². The molecule has 3 rings (SSSR count). The second-order valence-electron chi connectivity index (χ2n) is 8.90. The Morgan fingerprint density at radius 3 is 2.08 bits per heavy atom. The van der Waals surface area contributed by atoms with Crippen LogP contribution in [0.1, 0.15) is 49.9 Å². The number of esters is 2. The van der Waals surface area contributed by atoms with E-state index in [1.165, 1.54) is 18.6 Å². The lowest BCUT2D eigenvalue weighted by Gasteiger charge is -2.08. The van der Waals surface area contributed by atoms with E-state index in [1.807, 2.05) is 0 Å². The van der Waals surface area contributed by atoms with Crippen LogP contribution in [0.2, 0.25) is 0 Å². The highest BCUT2D eigenvalue weighted by Gasteiger charge is 2.13. The van der Waals surface area contributed by atoms with E-state index in [0.29, 0.717) is 29.4 Å². The summed E-state index contributed by atoms with van der Waals surface area (Å²) < 4.78 is 36.0. The van der Waals surface area contributed by atoms with Crippen molar-refractivity contribution in [3.05, 3.63) is 90.3 Å². The number of hydrogen-bond acceptors (Lipinski definition) is 8. The number of benzene rings is 3. The van der Waals surface area contributed by atoms with Gasteiger partial charge in [-0.1, -0.05) is 32.8 Å². The zero-order chi connectivity index (χ0) is 28.7. The lowest BCUT2D eigenvalue weighted by molar-refractivity contribution is -0.139. The minimum Gasteiger partial charge on any atom is -0.494 e. The maximum absolute atomic E-state index is 14.6. The summed E-state index contributed by atoms with van der Waals surface area (Å²) in [5.74, 6) is -0.877. The molecule has 0 fully saturated rings. The average Bonchev–Trinajstić information content (AvgIpc) is 2.96. The van der Waals surface area contributed by atoms with Crippen molar-refractivity contribution in [2.45, 2.75) is 39.5 Å². The van der Waals surface area contributed by atoms with Crippen molar-refractivity contribution in [1.29, 1.82) is 0 Å². The Kier molecular flexibility index (Phi) is 11.8. The van der Waals surface area contributed by atoms with Crippen LogP contribution in [0.4, 0.5) is 15.8 Å². The first-order valence-electron chi connectivity index (χ1n) is 13.1. The van der Waals surface area contributed by atoms with E-state index in [1.54, 1.807) is 55.5 Å². The third kappa shape index (κ3) is 9.98. The molecule has 0 atom stereocenters. The van der Waals surface area contributed by atoms with Gasteiger partial charge in [-0.2, -0.15) is 10.2 Å². The van der Waals surface area contributed by atoms with E-state index in [-0.39, 0.29) is 30.2 Å². The first-order valence-corrected chi connectivity index (χ1v) is 13.1. The first kappa shape index (κ1) is 30.0. The molecule has 0 spiro atoms. The highest BCUT2D eigenvalue weighted by Crippen LogP contribution is 2.26. The van der Waals surface area contributed by atoms with Crippen LogP contribution < -0.4 is 14.2 Å². The number of nitrogens with zero attached hydrogens (tertiary/aromatic N) is 2. The lowest BCUT2D eigenvalue weighted by atomic mass is 10.2. The van der Waals surface area contributed by atoms with E-state index >= 15 is 0 Å².